The maximum atomic E-state index is 13.4. The number of carbonyl (C=O) groups is 1. The molecule has 1 atom stereocenters. The van der Waals surface area contributed by atoms with Crippen LogP contribution in [-0.4, -0.2) is 5.91 Å². The van der Waals surface area contributed by atoms with Gasteiger partial charge in [0, 0.05) is 11.4 Å². The first-order valence-electron chi connectivity index (χ1n) is 6.04. The topological polar surface area (TPSA) is 29.1 Å². The normalized spacial score (nSPS) is 13.2. The molecule has 0 bridgehead atoms. The van der Waals surface area contributed by atoms with Crippen LogP contribution >= 0.6 is 23.2 Å². The molecule has 0 fully saturated rings. The van der Waals surface area contributed by atoms with E-state index in [-0.39, 0.29) is 22.4 Å². The van der Waals surface area contributed by atoms with E-state index >= 15 is 0 Å². The minimum atomic E-state index is -0.544. The van der Waals surface area contributed by atoms with Crippen molar-refractivity contribution in [2.45, 2.75) is 40.2 Å². The van der Waals surface area contributed by atoms with E-state index in [1.54, 1.807) is 6.92 Å². The Kier molecular flexibility index (Phi) is 5.22. The van der Waals surface area contributed by atoms with Gasteiger partial charge in [0.25, 0.3) is 0 Å². The smallest absolute Gasteiger partial charge is 0.220 e. The Morgan fingerprint density at radius 3 is 2.42 bits per heavy atom. The van der Waals surface area contributed by atoms with Crippen LogP contribution in [-0.2, 0) is 4.79 Å². The summed E-state index contributed by atoms with van der Waals surface area (Å²) in [6.07, 6.45) is 0.394. The molecule has 0 aromatic heterocycles. The second kappa shape index (κ2) is 6.10. The number of hydrogen-bond acceptors (Lipinski definition) is 1. The van der Waals surface area contributed by atoms with E-state index in [1.807, 2.05) is 20.8 Å². The Hall–Kier alpha value is -0.800. The molecular formula is C14H18Cl2FNO. The van der Waals surface area contributed by atoms with E-state index in [4.69, 9.17) is 23.2 Å². The average molecular weight is 306 g/mol. The van der Waals surface area contributed by atoms with Crippen LogP contribution in [0.25, 0.3) is 0 Å². The Balaban J connectivity index is 2.81. The van der Waals surface area contributed by atoms with Gasteiger partial charge in [-0.15, -0.1) is 0 Å². The second-order valence-corrected chi connectivity index (χ2v) is 6.63. The van der Waals surface area contributed by atoms with Crippen molar-refractivity contribution in [2.24, 2.45) is 5.41 Å². The van der Waals surface area contributed by atoms with E-state index in [9.17, 15) is 9.18 Å². The van der Waals surface area contributed by atoms with E-state index in [2.05, 4.69) is 5.32 Å². The third kappa shape index (κ3) is 5.00. The zero-order valence-corrected chi connectivity index (χ0v) is 13.0. The summed E-state index contributed by atoms with van der Waals surface area (Å²) in [5.74, 6) is -0.635. The largest absolute Gasteiger partial charge is 0.350 e. The molecule has 106 valence electrons. The van der Waals surface area contributed by atoms with Gasteiger partial charge >= 0.3 is 0 Å². The fourth-order valence-corrected chi connectivity index (χ4v) is 2.27. The molecule has 19 heavy (non-hydrogen) atoms. The van der Waals surface area contributed by atoms with Gasteiger partial charge in [-0.2, -0.15) is 0 Å². The fraction of sp³-hybridized carbons (Fsp3) is 0.500. The number of carbonyl (C=O) groups excluding carboxylic acids is 1. The summed E-state index contributed by atoms with van der Waals surface area (Å²) in [5, 5.41) is 3.12. The van der Waals surface area contributed by atoms with E-state index in [1.165, 1.54) is 12.1 Å². The van der Waals surface area contributed by atoms with Crippen LogP contribution in [0.3, 0.4) is 0 Å². The average Bonchev–Trinajstić information content (AvgIpc) is 2.20. The maximum Gasteiger partial charge on any atom is 0.220 e. The first-order valence-corrected chi connectivity index (χ1v) is 6.79. The molecule has 1 N–H and O–H groups in total. The number of rotatable bonds is 3. The van der Waals surface area contributed by atoms with Gasteiger partial charge in [-0.25, -0.2) is 4.39 Å². The third-order valence-corrected chi connectivity index (χ3v) is 3.19. The summed E-state index contributed by atoms with van der Waals surface area (Å²) in [4.78, 5) is 11.8. The van der Waals surface area contributed by atoms with Crippen molar-refractivity contribution in [1.82, 2.24) is 5.32 Å². The minimum absolute atomic E-state index is 0.0260. The van der Waals surface area contributed by atoms with Crippen molar-refractivity contribution >= 4 is 29.1 Å². The van der Waals surface area contributed by atoms with E-state index in [0.717, 1.165) is 0 Å². The molecule has 0 radical (unpaired) electrons. The summed E-state index contributed by atoms with van der Waals surface area (Å²) in [6.45, 7) is 7.69. The van der Waals surface area contributed by atoms with Crippen LogP contribution in [0.15, 0.2) is 12.1 Å². The molecule has 0 aliphatic heterocycles. The quantitative estimate of drug-likeness (QED) is 0.803. The molecule has 1 amide bonds. The molecule has 0 aliphatic carbocycles. The predicted octanol–water partition coefficient (Wildman–Crippen LogP) is 4.75. The highest BCUT2D eigenvalue weighted by Gasteiger charge is 2.19. The van der Waals surface area contributed by atoms with E-state index in [0.29, 0.717) is 17.0 Å². The Morgan fingerprint density at radius 2 is 1.89 bits per heavy atom. The van der Waals surface area contributed by atoms with Crippen LogP contribution in [0.2, 0.25) is 10.0 Å². The molecule has 1 aromatic rings. The SMILES string of the molecule is CC(NC(=O)CC(C)(C)C)c1cc(F)c(Cl)cc1Cl. The molecule has 0 saturated carbocycles. The minimum Gasteiger partial charge on any atom is -0.350 e. The Bertz CT molecular complexity index is 483. The van der Waals surface area contributed by atoms with Crippen molar-refractivity contribution in [3.05, 3.63) is 33.6 Å². The van der Waals surface area contributed by atoms with Gasteiger partial charge in [-0.05, 0) is 30.0 Å². The zero-order chi connectivity index (χ0) is 14.8. The molecule has 1 rings (SSSR count). The van der Waals surface area contributed by atoms with E-state index < -0.39 is 5.82 Å². The lowest BCUT2D eigenvalue weighted by Gasteiger charge is -2.21. The monoisotopic (exact) mass is 305 g/mol. The Labute approximate surface area is 123 Å². The highest BCUT2D eigenvalue weighted by Crippen LogP contribution is 2.29. The number of halogens is 3. The standard InChI is InChI=1S/C14H18Cl2FNO/c1-8(18-13(19)7-14(2,3)4)9-5-12(17)11(16)6-10(9)15/h5-6,8H,7H2,1-4H3,(H,18,19). The van der Waals surface area contributed by atoms with Crippen molar-refractivity contribution in [3.8, 4) is 0 Å². The fourth-order valence-electron chi connectivity index (χ4n) is 1.72. The van der Waals surface area contributed by atoms with Crippen molar-refractivity contribution in [3.63, 3.8) is 0 Å². The van der Waals surface area contributed by atoms with Gasteiger partial charge in [0.05, 0.1) is 11.1 Å². The predicted molar refractivity (Wildman–Crippen MR) is 77.0 cm³/mol. The van der Waals surface area contributed by atoms with Gasteiger partial charge in [0.2, 0.25) is 5.91 Å². The molecule has 0 heterocycles. The Morgan fingerprint density at radius 1 is 1.32 bits per heavy atom. The van der Waals surface area contributed by atoms with Gasteiger partial charge < -0.3 is 5.32 Å². The van der Waals surface area contributed by atoms with Crippen LogP contribution in [0.4, 0.5) is 4.39 Å². The lowest BCUT2D eigenvalue weighted by molar-refractivity contribution is -0.123. The molecule has 1 unspecified atom stereocenters. The highest BCUT2D eigenvalue weighted by atomic mass is 35.5. The lowest BCUT2D eigenvalue weighted by Crippen LogP contribution is -2.30. The first-order chi connectivity index (χ1) is 8.60. The molecular weight excluding hydrogens is 288 g/mol. The molecule has 0 spiro atoms. The lowest BCUT2D eigenvalue weighted by atomic mass is 9.91. The third-order valence-electron chi connectivity index (χ3n) is 2.57. The zero-order valence-electron chi connectivity index (χ0n) is 11.5. The van der Waals surface area contributed by atoms with Crippen molar-refractivity contribution < 1.29 is 9.18 Å². The van der Waals surface area contributed by atoms with Gasteiger partial charge in [0.1, 0.15) is 5.82 Å². The summed E-state index contributed by atoms with van der Waals surface area (Å²) in [7, 11) is 0. The molecule has 0 aliphatic rings. The summed E-state index contributed by atoms with van der Waals surface area (Å²) in [6, 6.07) is 2.24. The molecule has 1 aromatic carbocycles. The maximum absolute atomic E-state index is 13.4. The summed E-state index contributed by atoms with van der Waals surface area (Å²) >= 11 is 11.6. The van der Waals surface area contributed by atoms with Gasteiger partial charge in [-0.1, -0.05) is 44.0 Å². The number of amides is 1. The molecule has 5 heteroatoms. The van der Waals surface area contributed by atoms with Crippen molar-refractivity contribution in [2.75, 3.05) is 0 Å². The first kappa shape index (κ1) is 16.3. The highest BCUT2D eigenvalue weighted by molar-refractivity contribution is 6.35. The van der Waals surface area contributed by atoms with Gasteiger partial charge in [-0.3, -0.25) is 4.79 Å². The molecule has 0 saturated heterocycles. The number of nitrogens with one attached hydrogen (secondary N) is 1. The number of hydrogen-bond donors (Lipinski definition) is 1. The molecule has 2 nitrogen and oxygen atoms in total. The van der Waals surface area contributed by atoms with Crippen molar-refractivity contribution in [1.29, 1.82) is 0 Å². The second-order valence-electron chi connectivity index (χ2n) is 5.81. The van der Waals surface area contributed by atoms with Crippen LogP contribution in [0.1, 0.15) is 45.7 Å². The van der Waals surface area contributed by atoms with Crippen LogP contribution in [0, 0.1) is 11.2 Å². The summed E-state index contributed by atoms with van der Waals surface area (Å²) in [5.41, 5.74) is 0.421. The number of benzene rings is 1. The van der Waals surface area contributed by atoms with Gasteiger partial charge in [0.15, 0.2) is 0 Å². The summed E-state index contributed by atoms with van der Waals surface area (Å²) < 4.78 is 13.4. The van der Waals surface area contributed by atoms with Crippen LogP contribution < -0.4 is 5.32 Å². The van der Waals surface area contributed by atoms with Crippen LogP contribution in [0.5, 0.6) is 0 Å².